The van der Waals surface area contributed by atoms with E-state index in [-0.39, 0.29) is 61.1 Å². The largest absolute Gasteiger partial charge is 0.449 e. The van der Waals surface area contributed by atoms with E-state index in [2.05, 4.69) is 15.4 Å². The van der Waals surface area contributed by atoms with Crippen LogP contribution in [0.25, 0.3) is 0 Å². The molecule has 1 unspecified atom stereocenters. The van der Waals surface area contributed by atoms with Gasteiger partial charge in [0.15, 0.2) is 5.82 Å². The number of nitrogens with two attached hydrogens (primary N) is 1. The number of carbonyl (C=O) groups excluding carboxylic acids is 1. The Morgan fingerprint density at radius 1 is 0.979 bits per heavy atom. The van der Waals surface area contributed by atoms with Gasteiger partial charge in [-0.25, -0.2) is 4.79 Å². The number of nitrogens with zero attached hydrogens (tertiary/aromatic N) is 6. The van der Waals surface area contributed by atoms with Crippen molar-refractivity contribution in [2.45, 2.75) is 75.8 Å². The second-order valence-electron chi connectivity index (χ2n) is 11.5. The fourth-order valence-electron chi connectivity index (χ4n) is 5.49. The van der Waals surface area contributed by atoms with Crippen LogP contribution in [0.1, 0.15) is 66.2 Å². The van der Waals surface area contributed by atoms with Crippen molar-refractivity contribution >= 4 is 11.8 Å². The summed E-state index contributed by atoms with van der Waals surface area (Å²) >= 11 is 0. The van der Waals surface area contributed by atoms with Gasteiger partial charge in [-0.05, 0) is 93.0 Å². The number of benzene rings is 2. The van der Waals surface area contributed by atoms with E-state index in [0.29, 0.717) is 12.1 Å². The van der Waals surface area contributed by atoms with Gasteiger partial charge < -0.3 is 15.4 Å². The SMILES string of the molecule is CCOC(=O)N1c2ccc(C(F)(F)F)cc2[C@@H](c2nnn(CC(Cc3cc(C(F)(F)F)cc(C(F)(F)F)c3)N(C)C)n2)C[C@@]1(N)CC. The van der Waals surface area contributed by atoms with Gasteiger partial charge in [0, 0.05) is 6.04 Å². The molecule has 4 rings (SSSR count). The van der Waals surface area contributed by atoms with Gasteiger partial charge in [0.1, 0.15) is 5.66 Å². The lowest BCUT2D eigenvalue weighted by Gasteiger charge is -2.46. The van der Waals surface area contributed by atoms with Crippen molar-refractivity contribution in [1.29, 1.82) is 0 Å². The van der Waals surface area contributed by atoms with Crippen LogP contribution in [0.5, 0.6) is 0 Å². The highest BCUT2D eigenvalue weighted by molar-refractivity contribution is 5.91. The molecule has 0 bridgehead atoms. The zero-order valence-corrected chi connectivity index (χ0v) is 25.6. The van der Waals surface area contributed by atoms with Crippen molar-refractivity contribution in [2.75, 3.05) is 25.6 Å². The third-order valence-electron chi connectivity index (χ3n) is 8.04. The quantitative estimate of drug-likeness (QED) is 0.272. The fraction of sp³-hybridized carbons (Fsp3) is 0.517. The number of likely N-dealkylation sites (N-methyl/N-ethyl adjacent to an activating group) is 1. The first kappa shape index (κ1) is 35.9. The van der Waals surface area contributed by atoms with E-state index in [1.807, 2.05) is 0 Å². The lowest BCUT2D eigenvalue weighted by atomic mass is 9.80. The van der Waals surface area contributed by atoms with Gasteiger partial charge in [-0.3, -0.25) is 4.90 Å². The van der Waals surface area contributed by atoms with Crippen molar-refractivity contribution in [3.8, 4) is 0 Å². The summed E-state index contributed by atoms with van der Waals surface area (Å²) in [7, 11) is 3.12. The van der Waals surface area contributed by atoms with E-state index in [9.17, 15) is 44.3 Å². The van der Waals surface area contributed by atoms with E-state index in [0.717, 1.165) is 27.9 Å². The molecule has 0 saturated heterocycles. The molecule has 9 nitrogen and oxygen atoms in total. The third-order valence-corrected chi connectivity index (χ3v) is 8.04. The van der Waals surface area contributed by atoms with Crippen LogP contribution in [-0.2, 0) is 36.2 Å². The summed E-state index contributed by atoms with van der Waals surface area (Å²) in [6, 6.07) is 3.40. The maximum atomic E-state index is 13.8. The number of tetrazole rings is 1. The summed E-state index contributed by atoms with van der Waals surface area (Å²) in [6.45, 7) is 3.07. The van der Waals surface area contributed by atoms with Gasteiger partial charge in [-0.1, -0.05) is 6.92 Å². The second-order valence-corrected chi connectivity index (χ2v) is 11.5. The predicted octanol–water partition coefficient (Wildman–Crippen LogP) is 6.47. The first-order valence-electron chi connectivity index (χ1n) is 14.4. The zero-order valence-electron chi connectivity index (χ0n) is 25.6. The van der Waals surface area contributed by atoms with Gasteiger partial charge in [0.05, 0.1) is 41.4 Å². The van der Waals surface area contributed by atoms with Crippen LogP contribution in [-0.4, -0.2) is 63.6 Å². The molecule has 2 heterocycles. The van der Waals surface area contributed by atoms with Gasteiger partial charge >= 0.3 is 24.6 Å². The first-order chi connectivity index (χ1) is 21.7. The molecule has 3 aromatic rings. The van der Waals surface area contributed by atoms with Gasteiger partial charge in [0.25, 0.3) is 0 Å². The van der Waals surface area contributed by atoms with Crippen LogP contribution in [0.15, 0.2) is 36.4 Å². The van der Waals surface area contributed by atoms with Gasteiger partial charge in [0.2, 0.25) is 0 Å². The molecule has 0 fully saturated rings. The molecule has 3 atom stereocenters. The normalized spacial score (nSPS) is 19.6. The predicted molar refractivity (Wildman–Crippen MR) is 150 cm³/mol. The second kappa shape index (κ2) is 12.9. The van der Waals surface area contributed by atoms with E-state index in [1.54, 1.807) is 32.8 Å². The molecule has 1 aromatic heterocycles. The van der Waals surface area contributed by atoms with E-state index < -0.39 is 58.9 Å². The van der Waals surface area contributed by atoms with Gasteiger partial charge in [-0.15, -0.1) is 10.2 Å². The van der Waals surface area contributed by atoms with Crippen molar-refractivity contribution in [3.05, 3.63) is 70.0 Å². The van der Waals surface area contributed by atoms with Crippen LogP contribution >= 0.6 is 0 Å². The summed E-state index contributed by atoms with van der Waals surface area (Å²) < 4.78 is 127. The topological polar surface area (TPSA) is 102 Å². The number of halogens is 9. The van der Waals surface area contributed by atoms with Crippen molar-refractivity contribution in [1.82, 2.24) is 25.1 Å². The molecule has 1 aliphatic rings. The number of anilines is 1. The molecule has 2 aromatic carbocycles. The Hall–Kier alpha value is -3.93. The van der Waals surface area contributed by atoms with E-state index in [1.165, 1.54) is 0 Å². The molecular formula is C29H32F9N7O2. The number of fused-ring (bicyclic) bond motifs is 1. The Morgan fingerprint density at radius 2 is 1.57 bits per heavy atom. The fourth-order valence-corrected chi connectivity index (χ4v) is 5.49. The molecule has 1 amide bonds. The smallest absolute Gasteiger partial charge is 0.416 e. The Morgan fingerprint density at radius 3 is 2.09 bits per heavy atom. The van der Waals surface area contributed by atoms with Crippen LogP contribution in [0, 0.1) is 0 Å². The summed E-state index contributed by atoms with van der Waals surface area (Å²) in [6.07, 6.45) is -15.9. The lowest BCUT2D eigenvalue weighted by Crippen LogP contribution is -2.61. The molecule has 18 heteroatoms. The minimum Gasteiger partial charge on any atom is -0.449 e. The molecule has 0 radical (unpaired) electrons. The van der Waals surface area contributed by atoms with Gasteiger partial charge in [-0.2, -0.15) is 44.3 Å². The maximum absolute atomic E-state index is 13.8. The number of amides is 1. The summed E-state index contributed by atoms with van der Waals surface area (Å²) in [4.78, 5) is 16.7. The number of alkyl halides is 9. The first-order valence-corrected chi connectivity index (χ1v) is 14.4. The molecule has 2 N–H and O–H groups in total. The number of aromatic nitrogens is 4. The number of hydrogen-bond acceptors (Lipinski definition) is 7. The average molecular weight is 682 g/mol. The highest BCUT2D eigenvalue weighted by Crippen LogP contribution is 2.47. The van der Waals surface area contributed by atoms with Crippen molar-refractivity contribution in [2.24, 2.45) is 5.73 Å². The molecule has 0 saturated carbocycles. The Bertz CT molecular complexity index is 1550. The molecule has 0 spiro atoms. The number of hydrogen-bond donors (Lipinski definition) is 1. The maximum Gasteiger partial charge on any atom is 0.416 e. The highest BCUT2D eigenvalue weighted by Gasteiger charge is 2.47. The van der Waals surface area contributed by atoms with Crippen LogP contribution in [0.4, 0.5) is 50.0 Å². The minimum atomic E-state index is -5.02. The zero-order chi connectivity index (χ0) is 35.1. The van der Waals surface area contributed by atoms with Crippen LogP contribution in [0.2, 0.25) is 0 Å². The molecule has 1 aliphatic heterocycles. The Labute approximate surface area is 263 Å². The summed E-state index contributed by atoms with van der Waals surface area (Å²) in [5, 5.41) is 12.4. The highest BCUT2D eigenvalue weighted by atomic mass is 19.4. The van der Waals surface area contributed by atoms with E-state index >= 15 is 0 Å². The Kier molecular flexibility index (Phi) is 9.88. The average Bonchev–Trinajstić information content (AvgIpc) is 3.43. The molecule has 47 heavy (non-hydrogen) atoms. The monoisotopic (exact) mass is 681 g/mol. The van der Waals surface area contributed by atoms with Crippen molar-refractivity contribution in [3.63, 3.8) is 0 Å². The number of rotatable bonds is 8. The standard InChI is InChI=1S/C29H32F9N7O2/c1-5-26(39)14-22(21-13-17(27(30,31)32)7-8-23(21)45(26)25(46)47-6-2)24-40-42-44(41-24)15-20(43(3)4)11-16-9-18(28(33,34)35)12-19(10-16)29(36,37)38/h7-10,12-13,20,22H,5-6,11,14-15,39H2,1-4H3/t20?,22-,26+/m0/s1. The number of ether oxygens (including phenoxy) is 1. The van der Waals surface area contributed by atoms with Crippen molar-refractivity contribution < 1.29 is 49.0 Å². The number of carbonyl (C=O) groups is 1. The third kappa shape index (κ3) is 7.80. The molecular weight excluding hydrogens is 649 g/mol. The van der Waals surface area contributed by atoms with Crippen LogP contribution in [0.3, 0.4) is 0 Å². The lowest BCUT2D eigenvalue weighted by molar-refractivity contribution is -0.143. The molecule has 258 valence electrons. The summed E-state index contributed by atoms with van der Waals surface area (Å²) in [5.41, 5.74) is 1.19. The van der Waals surface area contributed by atoms with E-state index in [4.69, 9.17) is 10.5 Å². The Balaban J connectivity index is 1.71. The van der Waals surface area contributed by atoms with Crippen LogP contribution < -0.4 is 10.6 Å². The summed E-state index contributed by atoms with van der Waals surface area (Å²) in [5.74, 6) is -1.03. The molecule has 0 aliphatic carbocycles. The minimum absolute atomic E-state index is 0.0184.